The summed E-state index contributed by atoms with van der Waals surface area (Å²) in [7, 11) is 0. The van der Waals surface area contributed by atoms with Gasteiger partial charge in [0.15, 0.2) is 0 Å². The minimum absolute atomic E-state index is 0.0272. The monoisotopic (exact) mass is 251 g/mol. The van der Waals surface area contributed by atoms with Gasteiger partial charge in [-0.15, -0.1) is 0 Å². The van der Waals surface area contributed by atoms with Crippen LogP contribution in [0, 0.1) is 10.1 Å². The fourth-order valence-corrected chi connectivity index (χ4v) is 1.48. The molecule has 18 heavy (non-hydrogen) atoms. The Bertz CT molecular complexity index is 458. The largest absolute Gasteiger partial charge is 0.350 e. The second-order valence-electron chi connectivity index (χ2n) is 4.70. The zero-order valence-corrected chi connectivity index (χ0v) is 10.5. The first-order valence-corrected chi connectivity index (χ1v) is 5.59. The van der Waals surface area contributed by atoms with Gasteiger partial charge in [0.25, 0.3) is 5.69 Å². The number of rotatable bonds is 5. The first-order valence-electron chi connectivity index (χ1n) is 5.59. The van der Waals surface area contributed by atoms with Crippen molar-refractivity contribution in [1.29, 1.82) is 0 Å². The van der Waals surface area contributed by atoms with Gasteiger partial charge in [0, 0.05) is 23.7 Å². The van der Waals surface area contributed by atoms with Crippen molar-refractivity contribution in [2.24, 2.45) is 5.73 Å². The Morgan fingerprint density at radius 3 is 2.61 bits per heavy atom. The van der Waals surface area contributed by atoms with Crippen molar-refractivity contribution in [1.82, 2.24) is 5.32 Å². The summed E-state index contributed by atoms with van der Waals surface area (Å²) >= 11 is 0. The molecule has 0 aromatic heterocycles. The van der Waals surface area contributed by atoms with Crippen molar-refractivity contribution in [3.05, 3.63) is 39.9 Å². The van der Waals surface area contributed by atoms with Crippen LogP contribution in [0.5, 0.6) is 0 Å². The molecule has 1 aromatic rings. The zero-order valence-electron chi connectivity index (χ0n) is 10.5. The number of nitro benzene ring substituents is 1. The van der Waals surface area contributed by atoms with Gasteiger partial charge in [-0.25, -0.2) is 0 Å². The molecule has 0 spiro atoms. The molecule has 0 heterocycles. The lowest BCUT2D eigenvalue weighted by Crippen LogP contribution is -2.49. The van der Waals surface area contributed by atoms with E-state index in [0.29, 0.717) is 12.1 Å². The molecule has 6 heteroatoms. The Kier molecular flexibility index (Phi) is 4.38. The number of nitro groups is 1. The molecular formula is C12H17N3O3. The highest BCUT2D eigenvalue weighted by Crippen LogP contribution is 2.18. The lowest BCUT2D eigenvalue weighted by atomic mass is 10.0. The highest BCUT2D eigenvalue weighted by molar-refractivity contribution is 5.80. The number of hydrogen-bond donors (Lipinski definition) is 2. The molecule has 0 bridgehead atoms. The number of nitrogens with one attached hydrogen (secondary N) is 1. The minimum atomic E-state index is -0.513. The molecule has 0 saturated carbocycles. The van der Waals surface area contributed by atoms with E-state index in [-0.39, 0.29) is 18.0 Å². The molecule has 0 saturated heterocycles. The maximum Gasteiger partial charge on any atom is 0.273 e. The number of carbonyl (C=O) groups excluding carboxylic acids is 1. The molecular weight excluding hydrogens is 234 g/mol. The lowest BCUT2D eigenvalue weighted by molar-refractivity contribution is -0.385. The van der Waals surface area contributed by atoms with Crippen LogP contribution in [0.25, 0.3) is 0 Å². The van der Waals surface area contributed by atoms with E-state index in [4.69, 9.17) is 5.73 Å². The molecule has 3 N–H and O–H groups in total. The van der Waals surface area contributed by atoms with Crippen LogP contribution in [-0.2, 0) is 11.2 Å². The van der Waals surface area contributed by atoms with Gasteiger partial charge in [-0.05, 0) is 13.8 Å². The molecule has 0 unspecified atom stereocenters. The number of amides is 1. The van der Waals surface area contributed by atoms with Gasteiger partial charge in [-0.3, -0.25) is 14.9 Å². The van der Waals surface area contributed by atoms with E-state index in [9.17, 15) is 14.9 Å². The normalized spacial score (nSPS) is 11.1. The third kappa shape index (κ3) is 3.81. The Hall–Kier alpha value is -1.95. The van der Waals surface area contributed by atoms with Gasteiger partial charge in [-0.2, -0.15) is 0 Å². The van der Waals surface area contributed by atoms with Crippen molar-refractivity contribution >= 4 is 11.6 Å². The van der Waals surface area contributed by atoms with E-state index in [1.54, 1.807) is 32.0 Å². The van der Waals surface area contributed by atoms with Crippen molar-refractivity contribution in [2.45, 2.75) is 25.8 Å². The Labute approximate surface area is 105 Å². The maximum absolute atomic E-state index is 11.8. The van der Waals surface area contributed by atoms with Gasteiger partial charge in [-0.1, -0.05) is 18.2 Å². The predicted molar refractivity (Wildman–Crippen MR) is 68.1 cm³/mol. The first-order chi connectivity index (χ1) is 8.35. The van der Waals surface area contributed by atoms with E-state index in [2.05, 4.69) is 5.32 Å². The number of para-hydroxylation sites is 1. The van der Waals surface area contributed by atoms with Crippen LogP contribution >= 0.6 is 0 Å². The van der Waals surface area contributed by atoms with Gasteiger partial charge >= 0.3 is 0 Å². The lowest BCUT2D eigenvalue weighted by Gasteiger charge is -2.24. The zero-order chi connectivity index (χ0) is 13.8. The minimum Gasteiger partial charge on any atom is -0.350 e. The van der Waals surface area contributed by atoms with Crippen molar-refractivity contribution < 1.29 is 9.72 Å². The summed E-state index contributed by atoms with van der Waals surface area (Å²) < 4.78 is 0. The van der Waals surface area contributed by atoms with Gasteiger partial charge in [0.2, 0.25) is 5.91 Å². The predicted octanol–water partition coefficient (Wildman–Crippen LogP) is 0.991. The average molecular weight is 251 g/mol. The highest BCUT2D eigenvalue weighted by atomic mass is 16.6. The summed E-state index contributed by atoms with van der Waals surface area (Å²) in [5.41, 5.74) is 5.34. The van der Waals surface area contributed by atoms with Crippen LogP contribution in [0.4, 0.5) is 5.69 Å². The number of benzene rings is 1. The number of nitrogens with two attached hydrogens (primary N) is 1. The summed E-state index contributed by atoms with van der Waals surface area (Å²) in [6.45, 7) is 3.89. The van der Waals surface area contributed by atoms with Crippen LogP contribution in [0.1, 0.15) is 19.4 Å². The van der Waals surface area contributed by atoms with E-state index < -0.39 is 10.5 Å². The summed E-state index contributed by atoms with van der Waals surface area (Å²) in [4.78, 5) is 22.1. The van der Waals surface area contributed by atoms with E-state index in [0.717, 1.165) is 0 Å². The van der Waals surface area contributed by atoms with Gasteiger partial charge in [0.05, 0.1) is 11.3 Å². The van der Waals surface area contributed by atoms with Crippen LogP contribution in [0.15, 0.2) is 24.3 Å². The molecule has 0 aliphatic rings. The summed E-state index contributed by atoms with van der Waals surface area (Å²) in [5.74, 6) is -0.278. The van der Waals surface area contributed by atoms with Gasteiger partial charge in [0.1, 0.15) is 0 Å². The maximum atomic E-state index is 11.8. The molecule has 98 valence electrons. The Morgan fingerprint density at radius 2 is 2.06 bits per heavy atom. The van der Waals surface area contributed by atoms with Crippen LogP contribution in [0.2, 0.25) is 0 Å². The quantitative estimate of drug-likeness (QED) is 0.602. The second kappa shape index (κ2) is 5.59. The van der Waals surface area contributed by atoms with E-state index in [1.165, 1.54) is 6.07 Å². The number of nitrogens with zero attached hydrogens (tertiary/aromatic N) is 1. The third-order valence-electron chi connectivity index (χ3n) is 2.53. The second-order valence-corrected chi connectivity index (χ2v) is 4.70. The summed E-state index contributed by atoms with van der Waals surface area (Å²) in [6.07, 6.45) is -0.0272. The first kappa shape index (κ1) is 14.1. The summed E-state index contributed by atoms with van der Waals surface area (Å²) in [6, 6.07) is 6.21. The molecule has 0 atom stereocenters. The number of carbonyl (C=O) groups is 1. The highest BCUT2D eigenvalue weighted by Gasteiger charge is 2.21. The standard InChI is InChI=1S/C12H17N3O3/c1-12(2,8-13)14-11(16)7-9-5-3-4-6-10(9)15(17)18/h3-6H,7-8,13H2,1-2H3,(H,14,16). The molecule has 1 aromatic carbocycles. The fourth-order valence-electron chi connectivity index (χ4n) is 1.48. The topological polar surface area (TPSA) is 98.3 Å². The molecule has 1 amide bonds. The van der Waals surface area contributed by atoms with Gasteiger partial charge < -0.3 is 11.1 Å². The SMILES string of the molecule is CC(C)(CN)NC(=O)Cc1ccccc1[N+](=O)[O-]. The smallest absolute Gasteiger partial charge is 0.273 e. The van der Waals surface area contributed by atoms with E-state index >= 15 is 0 Å². The molecule has 0 aliphatic carbocycles. The van der Waals surface area contributed by atoms with Crippen molar-refractivity contribution in [3.8, 4) is 0 Å². The molecule has 0 radical (unpaired) electrons. The average Bonchev–Trinajstić information content (AvgIpc) is 2.28. The molecule has 6 nitrogen and oxygen atoms in total. The fraction of sp³-hybridized carbons (Fsp3) is 0.417. The molecule has 0 aliphatic heterocycles. The van der Waals surface area contributed by atoms with E-state index in [1.807, 2.05) is 0 Å². The third-order valence-corrected chi connectivity index (χ3v) is 2.53. The van der Waals surface area contributed by atoms with Crippen LogP contribution in [0.3, 0.4) is 0 Å². The molecule has 0 fully saturated rings. The Morgan fingerprint density at radius 1 is 1.44 bits per heavy atom. The summed E-state index contributed by atoms with van der Waals surface area (Å²) in [5, 5.41) is 13.5. The number of hydrogen-bond acceptors (Lipinski definition) is 4. The Balaban J connectivity index is 2.80. The van der Waals surface area contributed by atoms with Crippen LogP contribution < -0.4 is 11.1 Å². The van der Waals surface area contributed by atoms with Crippen LogP contribution in [-0.4, -0.2) is 22.9 Å². The molecule has 1 rings (SSSR count). The van der Waals surface area contributed by atoms with Crippen molar-refractivity contribution in [2.75, 3.05) is 6.54 Å². The van der Waals surface area contributed by atoms with Crippen molar-refractivity contribution in [3.63, 3.8) is 0 Å².